The Balaban J connectivity index is 1.40. The van der Waals surface area contributed by atoms with Crippen molar-refractivity contribution in [3.63, 3.8) is 0 Å². The van der Waals surface area contributed by atoms with Crippen LogP contribution in [0.3, 0.4) is 0 Å². The van der Waals surface area contributed by atoms with Crippen LogP contribution in [0.1, 0.15) is 34.5 Å². The Labute approximate surface area is 200 Å². The van der Waals surface area contributed by atoms with Gasteiger partial charge in [-0.2, -0.15) is 5.10 Å². The maximum absolute atomic E-state index is 13.4. The van der Waals surface area contributed by atoms with Gasteiger partial charge < -0.3 is 5.32 Å². The number of nitrogens with zero attached hydrogens (tertiary/aromatic N) is 3. The van der Waals surface area contributed by atoms with Gasteiger partial charge in [-0.3, -0.25) is 19.3 Å². The molecule has 0 saturated heterocycles. The molecule has 0 aliphatic rings. The predicted octanol–water partition coefficient (Wildman–Crippen LogP) is 4.47. The number of amides is 1. The summed E-state index contributed by atoms with van der Waals surface area (Å²) in [4.78, 5) is 30.5. The minimum Gasteiger partial charge on any atom is -0.348 e. The van der Waals surface area contributed by atoms with Gasteiger partial charge in [0.15, 0.2) is 0 Å². The van der Waals surface area contributed by atoms with Crippen LogP contribution in [0.4, 0.5) is 4.39 Å². The largest absolute Gasteiger partial charge is 0.348 e. The van der Waals surface area contributed by atoms with Gasteiger partial charge in [0.05, 0.1) is 29.5 Å². The van der Waals surface area contributed by atoms with E-state index in [0.717, 1.165) is 22.3 Å². The molecule has 0 fully saturated rings. The molecule has 0 aliphatic heterocycles. The number of H-pyrrole nitrogens is 1. The first-order valence-corrected chi connectivity index (χ1v) is 11.1. The van der Waals surface area contributed by atoms with Gasteiger partial charge in [-0.15, -0.1) is 0 Å². The Kier molecular flexibility index (Phi) is 5.93. The Hall–Kier alpha value is -4.59. The van der Waals surface area contributed by atoms with Crippen molar-refractivity contribution in [3.8, 4) is 11.1 Å². The fourth-order valence-corrected chi connectivity index (χ4v) is 3.99. The zero-order chi connectivity index (χ0) is 24.4. The molecule has 8 heteroatoms. The van der Waals surface area contributed by atoms with Crippen molar-refractivity contribution in [2.24, 2.45) is 0 Å². The molecule has 0 radical (unpaired) electrons. The van der Waals surface area contributed by atoms with E-state index in [4.69, 9.17) is 0 Å². The summed E-state index contributed by atoms with van der Waals surface area (Å²) in [5, 5.41) is 10.1. The maximum Gasteiger partial charge on any atom is 0.261 e. The number of aromatic nitrogens is 4. The van der Waals surface area contributed by atoms with Gasteiger partial charge in [0.2, 0.25) is 0 Å². The lowest BCUT2D eigenvalue weighted by Gasteiger charge is -2.17. The van der Waals surface area contributed by atoms with Gasteiger partial charge in [-0.05, 0) is 60.0 Å². The van der Waals surface area contributed by atoms with Gasteiger partial charge in [0.1, 0.15) is 5.82 Å². The van der Waals surface area contributed by atoms with Crippen LogP contribution < -0.4 is 10.9 Å². The third-order valence-electron chi connectivity index (χ3n) is 6.03. The van der Waals surface area contributed by atoms with E-state index < -0.39 is 0 Å². The lowest BCUT2D eigenvalue weighted by atomic mass is 10.0. The van der Waals surface area contributed by atoms with Gasteiger partial charge in [-0.25, -0.2) is 9.37 Å². The molecule has 2 aromatic heterocycles. The summed E-state index contributed by atoms with van der Waals surface area (Å²) in [5.41, 5.74) is 4.27. The average molecular weight is 468 g/mol. The summed E-state index contributed by atoms with van der Waals surface area (Å²) in [5.74, 6) is -0.574. The number of rotatable bonds is 6. The maximum atomic E-state index is 13.4. The number of hydrogen-bond acceptors (Lipinski definition) is 4. The molecular formula is C27H22FN5O2. The average Bonchev–Trinajstić information content (AvgIpc) is 3.43. The quantitative estimate of drug-likeness (QED) is 0.386. The molecule has 2 heterocycles. The minimum atomic E-state index is -0.346. The molecule has 1 amide bonds. The molecule has 5 aromatic rings. The molecule has 0 bridgehead atoms. The molecule has 5 rings (SSSR count). The number of halogens is 1. The number of aromatic amines is 1. The van der Waals surface area contributed by atoms with Gasteiger partial charge >= 0.3 is 0 Å². The number of nitrogens with one attached hydrogen (secondary N) is 2. The van der Waals surface area contributed by atoms with Crippen molar-refractivity contribution >= 4 is 16.8 Å². The SMILES string of the molecule is CC(c1cccc(C(=O)NCc2ccc(F)cc2)c1)n1cnc2ccc(-c3cn[nH]c3)cc2c1=O. The van der Waals surface area contributed by atoms with Crippen LogP contribution in [-0.2, 0) is 6.54 Å². The molecule has 7 nitrogen and oxygen atoms in total. The number of fused-ring (bicyclic) bond motifs is 1. The Morgan fingerprint density at radius 3 is 2.69 bits per heavy atom. The highest BCUT2D eigenvalue weighted by Gasteiger charge is 2.15. The Morgan fingerprint density at radius 1 is 1.09 bits per heavy atom. The van der Waals surface area contributed by atoms with Crippen molar-refractivity contribution in [3.05, 3.63) is 118 Å². The topological polar surface area (TPSA) is 92.7 Å². The van der Waals surface area contributed by atoms with Gasteiger partial charge in [0, 0.05) is 23.9 Å². The summed E-state index contributed by atoms with van der Waals surface area (Å²) in [6.45, 7) is 2.18. The van der Waals surface area contributed by atoms with Gasteiger partial charge in [0.25, 0.3) is 11.5 Å². The van der Waals surface area contributed by atoms with Crippen LogP contribution in [0.15, 0.2) is 90.2 Å². The van der Waals surface area contributed by atoms with E-state index in [2.05, 4.69) is 20.5 Å². The lowest BCUT2D eigenvalue weighted by Crippen LogP contribution is -2.25. The third kappa shape index (κ3) is 4.59. The molecule has 0 saturated carbocycles. The van der Waals surface area contributed by atoms with Crippen molar-refractivity contribution in [2.75, 3.05) is 0 Å². The van der Waals surface area contributed by atoms with E-state index >= 15 is 0 Å². The monoisotopic (exact) mass is 467 g/mol. The molecule has 1 unspecified atom stereocenters. The molecule has 1 atom stereocenters. The van der Waals surface area contributed by atoms with Crippen molar-refractivity contribution in [2.45, 2.75) is 19.5 Å². The summed E-state index contributed by atoms with van der Waals surface area (Å²) in [6, 6.07) is 18.3. The van der Waals surface area contributed by atoms with Crippen LogP contribution in [-0.4, -0.2) is 25.7 Å². The highest BCUT2D eigenvalue weighted by atomic mass is 19.1. The standard InChI is InChI=1S/C27H22FN5O2/c1-17(19-3-2-4-21(11-19)26(34)29-13-18-5-8-23(28)9-6-18)33-16-30-25-10-7-20(12-24(25)27(33)35)22-14-31-32-15-22/h2-12,14-17H,13H2,1H3,(H,29,34)(H,31,32). The van der Waals surface area contributed by atoms with Crippen LogP contribution >= 0.6 is 0 Å². The molecule has 3 aromatic carbocycles. The van der Waals surface area contributed by atoms with E-state index in [9.17, 15) is 14.0 Å². The fourth-order valence-electron chi connectivity index (χ4n) is 3.99. The molecule has 2 N–H and O–H groups in total. The zero-order valence-corrected chi connectivity index (χ0v) is 18.9. The summed E-state index contributed by atoms with van der Waals surface area (Å²) < 4.78 is 14.7. The highest BCUT2D eigenvalue weighted by Crippen LogP contribution is 2.23. The first-order chi connectivity index (χ1) is 17.0. The second-order valence-corrected chi connectivity index (χ2v) is 8.29. The summed E-state index contributed by atoms with van der Waals surface area (Å²) in [7, 11) is 0. The molecular weight excluding hydrogens is 445 g/mol. The van der Waals surface area contributed by atoms with Crippen LogP contribution in [0, 0.1) is 5.82 Å². The number of benzene rings is 3. The Bertz CT molecular complexity index is 1560. The third-order valence-corrected chi connectivity index (χ3v) is 6.03. The van der Waals surface area contributed by atoms with Crippen molar-refractivity contribution in [1.29, 1.82) is 0 Å². The second-order valence-electron chi connectivity index (χ2n) is 8.29. The minimum absolute atomic E-state index is 0.168. The Morgan fingerprint density at radius 2 is 1.91 bits per heavy atom. The van der Waals surface area contributed by atoms with E-state index in [1.807, 2.05) is 31.2 Å². The smallest absolute Gasteiger partial charge is 0.261 e. The van der Waals surface area contributed by atoms with Crippen LogP contribution in [0.2, 0.25) is 0 Å². The number of carbonyl (C=O) groups excluding carboxylic acids is 1. The van der Waals surface area contributed by atoms with Gasteiger partial charge in [-0.1, -0.05) is 30.3 Å². The fraction of sp³-hybridized carbons (Fsp3) is 0.111. The number of carbonyl (C=O) groups is 1. The first kappa shape index (κ1) is 22.2. The van der Waals surface area contributed by atoms with E-state index in [0.29, 0.717) is 16.5 Å². The van der Waals surface area contributed by atoms with E-state index in [1.54, 1.807) is 47.3 Å². The molecule has 0 aliphatic carbocycles. The molecule has 0 spiro atoms. The van der Waals surface area contributed by atoms with Crippen LogP contribution in [0.5, 0.6) is 0 Å². The highest BCUT2D eigenvalue weighted by molar-refractivity contribution is 5.94. The lowest BCUT2D eigenvalue weighted by molar-refractivity contribution is 0.0951. The normalized spacial score (nSPS) is 11.9. The van der Waals surface area contributed by atoms with Crippen molar-refractivity contribution in [1.82, 2.24) is 25.1 Å². The summed E-state index contributed by atoms with van der Waals surface area (Å²) >= 11 is 0. The van der Waals surface area contributed by atoms with E-state index in [1.165, 1.54) is 18.5 Å². The van der Waals surface area contributed by atoms with E-state index in [-0.39, 0.29) is 29.9 Å². The second kappa shape index (κ2) is 9.34. The summed E-state index contributed by atoms with van der Waals surface area (Å²) in [6.07, 6.45) is 5.00. The molecule has 35 heavy (non-hydrogen) atoms. The number of hydrogen-bond donors (Lipinski definition) is 2. The van der Waals surface area contributed by atoms with Crippen LogP contribution in [0.25, 0.3) is 22.0 Å². The van der Waals surface area contributed by atoms with Crippen molar-refractivity contribution < 1.29 is 9.18 Å². The molecule has 174 valence electrons. The zero-order valence-electron chi connectivity index (χ0n) is 18.9. The first-order valence-electron chi connectivity index (χ1n) is 11.1. The predicted molar refractivity (Wildman–Crippen MR) is 131 cm³/mol.